The monoisotopic (exact) mass is 398 g/mol. The van der Waals surface area contributed by atoms with Crippen LogP contribution in [0.2, 0.25) is 0 Å². The van der Waals surface area contributed by atoms with Crippen LogP contribution in [-0.2, 0) is 0 Å². The Labute approximate surface area is 197 Å². The minimum absolute atomic E-state index is 0. The molecule has 0 atom stereocenters. The van der Waals surface area contributed by atoms with Crippen molar-refractivity contribution >= 4 is 12.2 Å². The third-order valence-electron chi connectivity index (χ3n) is 2.36. The Morgan fingerprint density at radius 3 is 1.11 bits per heavy atom. The second-order valence-electron chi connectivity index (χ2n) is 4.43. The van der Waals surface area contributed by atoms with Crippen LogP contribution < -0.4 is 41.4 Å². The Morgan fingerprint density at radius 2 is 1.00 bits per heavy atom. The molecular formula is C24H43N2NaO. The van der Waals surface area contributed by atoms with E-state index in [0.717, 1.165) is 13.0 Å². The molecule has 0 saturated heterocycles. The number of allylic oxidation sites excluding steroid dienone is 1. The van der Waals surface area contributed by atoms with E-state index in [9.17, 15) is 0 Å². The quantitative estimate of drug-likeness (QED) is 0.590. The van der Waals surface area contributed by atoms with Crippen LogP contribution in [0.4, 0.5) is 0 Å². The summed E-state index contributed by atoms with van der Waals surface area (Å²) in [6, 6.07) is 20.1. The zero-order valence-electron chi connectivity index (χ0n) is 16.8. The predicted molar refractivity (Wildman–Crippen MR) is 129 cm³/mol. The minimum Gasteiger partial charge on any atom is -0.870 e. The SMILES string of the molecule is C.C.C=CC.C=Cc1ccccc1.C=Cc1ccccc1.CCCN.N.[Na+].[OH-]. The van der Waals surface area contributed by atoms with Gasteiger partial charge in [0.1, 0.15) is 0 Å². The molecule has 0 amide bonds. The fourth-order valence-electron chi connectivity index (χ4n) is 1.18. The summed E-state index contributed by atoms with van der Waals surface area (Å²) in [6.07, 6.45) is 6.51. The van der Waals surface area contributed by atoms with Crippen LogP contribution in [0.15, 0.2) is 86.5 Å². The van der Waals surface area contributed by atoms with Crippen LogP contribution in [0, 0.1) is 0 Å². The maximum Gasteiger partial charge on any atom is 1.00 e. The van der Waals surface area contributed by atoms with Crippen molar-refractivity contribution in [3.63, 3.8) is 0 Å². The van der Waals surface area contributed by atoms with Crippen molar-refractivity contribution in [3.8, 4) is 0 Å². The van der Waals surface area contributed by atoms with E-state index in [1.54, 1.807) is 6.08 Å². The van der Waals surface area contributed by atoms with E-state index < -0.39 is 0 Å². The van der Waals surface area contributed by atoms with Gasteiger partial charge < -0.3 is 17.4 Å². The molecule has 156 valence electrons. The number of nitrogens with two attached hydrogens (primary N) is 1. The van der Waals surface area contributed by atoms with E-state index in [1.807, 2.05) is 79.7 Å². The van der Waals surface area contributed by atoms with Crippen molar-refractivity contribution in [3.05, 3.63) is 97.6 Å². The average molecular weight is 399 g/mol. The molecule has 0 aliphatic carbocycles. The molecule has 0 radical (unpaired) electrons. The van der Waals surface area contributed by atoms with Crippen LogP contribution in [0.5, 0.6) is 0 Å². The molecule has 28 heavy (non-hydrogen) atoms. The van der Waals surface area contributed by atoms with E-state index in [1.165, 1.54) is 11.1 Å². The first kappa shape index (κ1) is 45.3. The minimum atomic E-state index is 0. The fourth-order valence-corrected chi connectivity index (χ4v) is 1.18. The first-order valence-electron chi connectivity index (χ1n) is 7.82. The van der Waals surface area contributed by atoms with Crippen molar-refractivity contribution in [1.82, 2.24) is 6.15 Å². The van der Waals surface area contributed by atoms with Crippen LogP contribution in [0.25, 0.3) is 12.2 Å². The Bertz CT molecular complexity index is 457. The molecule has 0 spiro atoms. The molecule has 6 N–H and O–H groups in total. The normalized spacial score (nSPS) is 6.39. The van der Waals surface area contributed by atoms with Gasteiger partial charge in [-0.3, -0.25) is 0 Å². The van der Waals surface area contributed by atoms with Crippen molar-refractivity contribution in [1.29, 1.82) is 0 Å². The summed E-state index contributed by atoms with van der Waals surface area (Å²) in [5, 5.41) is 0. The maximum atomic E-state index is 5.03. The summed E-state index contributed by atoms with van der Waals surface area (Å²) >= 11 is 0. The van der Waals surface area contributed by atoms with E-state index in [2.05, 4.69) is 26.7 Å². The molecule has 0 unspecified atom stereocenters. The van der Waals surface area contributed by atoms with Gasteiger partial charge in [0.2, 0.25) is 0 Å². The zero-order chi connectivity index (χ0) is 17.8. The largest absolute Gasteiger partial charge is 1.00 e. The van der Waals surface area contributed by atoms with Gasteiger partial charge in [-0.05, 0) is 31.0 Å². The van der Waals surface area contributed by atoms with Gasteiger partial charge >= 0.3 is 29.6 Å². The molecule has 4 heteroatoms. The van der Waals surface area contributed by atoms with Gasteiger partial charge in [-0.25, -0.2) is 0 Å². The summed E-state index contributed by atoms with van der Waals surface area (Å²) in [6.45, 7) is 15.4. The Hall–Kier alpha value is -1.46. The fraction of sp³-hybridized carbons (Fsp3) is 0.250. The van der Waals surface area contributed by atoms with E-state index in [0.29, 0.717) is 0 Å². The van der Waals surface area contributed by atoms with Crippen molar-refractivity contribution in [2.24, 2.45) is 5.73 Å². The van der Waals surface area contributed by atoms with Crippen LogP contribution >= 0.6 is 0 Å². The first-order chi connectivity index (χ1) is 11.2. The van der Waals surface area contributed by atoms with Gasteiger partial charge in [-0.15, -0.1) is 6.58 Å². The van der Waals surface area contributed by atoms with Crippen molar-refractivity contribution in [2.45, 2.75) is 35.1 Å². The van der Waals surface area contributed by atoms with Crippen LogP contribution in [-0.4, -0.2) is 12.0 Å². The molecule has 2 rings (SSSR count). The van der Waals surface area contributed by atoms with E-state index >= 15 is 0 Å². The van der Waals surface area contributed by atoms with Crippen molar-refractivity contribution in [2.75, 3.05) is 6.54 Å². The van der Waals surface area contributed by atoms with Gasteiger partial charge in [0.25, 0.3) is 0 Å². The number of rotatable bonds is 3. The number of hydrogen-bond acceptors (Lipinski definition) is 3. The molecule has 0 aliphatic rings. The standard InChI is InChI=1S/2C8H8.C3H9N.C3H6.2CH4.H3N.Na.H2O/c2*1-2-8-6-4-3-5-7-8;1-2-3-4;1-3-2;;;;;/h2*2-7H,1H2;2-4H2,1H3;3H,1H2,2H3;2*1H4;1H3;;1H2/q;;;;;;;+1;/p-1. The summed E-state index contributed by atoms with van der Waals surface area (Å²) in [5.74, 6) is 0. The third-order valence-corrected chi connectivity index (χ3v) is 2.36. The molecular weight excluding hydrogens is 355 g/mol. The second kappa shape index (κ2) is 40.3. The summed E-state index contributed by atoms with van der Waals surface area (Å²) in [7, 11) is 0. The summed E-state index contributed by atoms with van der Waals surface area (Å²) < 4.78 is 0. The van der Waals surface area contributed by atoms with Crippen LogP contribution in [0.3, 0.4) is 0 Å². The maximum absolute atomic E-state index is 5.03. The molecule has 0 aromatic heterocycles. The van der Waals surface area contributed by atoms with E-state index in [4.69, 9.17) is 5.73 Å². The van der Waals surface area contributed by atoms with E-state index in [-0.39, 0.29) is 56.0 Å². The van der Waals surface area contributed by atoms with Gasteiger partial charge in [0.05, 0.1) is 0 Å². The Balaban J connectivity index is -0.0000000422. The molecule has 0 aliphatic heterocycles. The molecule has 0 saturated carbocycles. The second-order valence-corrected chi connectivity index (χ2v) is 4.43. The molecule has 0 heterocycles. The molecule has 0 fully saturated rings. The van der Waals surface area contributed by atoms with Gasteiger partial charge in [-0.2, -0.15) is 0 Å². The third kappa shape index (κ3) is 35.6. The summed E-state index contributed by atoms with van der Waals surface area (Å²) in [4.78, 5) is 0. The van der Waals surface area contributed by atoms with Crippen LogP contribution in [0.1, 0.15) is 46.2 Å². The Kier molecular flexibility index (Phi) is 65.2. The molecule has 2 aromatic rings. The Morgan fingerprint density at radius 1 is 0.786 bits per heavy atom. The summed E-state index contributed by atoms with van der Waals surface area (Å²) in [5.41, 5.74) is 7.38. The molecule has 2 aromatic carbocycles. The topological polar surface area (TPSA) is 91.0 Å². The van der Waals surface area contributed by atoms with Gasteiger partial charge in [0.15, 0.2) is 0 Å². The smallest absolute Gasteiger partial charge is 0.870 e. The van der Waals surface area contributed by atoms with Gasteiger partial charge in [0, 0.05) is 0 Å². The zero-order valence-corrected chi connectivity index (χ0v) is 18.8. The molecule has 3 nitrogen and oxygen atoms in total. The van der Waals surface area contributed by atoms with Gasteiger partial charge in [-0.1, -0.05) is 114 Å². The number of hydrogen-bond donors (Lipinski definition) is 2. The van der Waals surface area contributed by atoms with Crippen molar-refractivity contribution < 1.29 is 35.0 Å². The molecule has 0 bridgehead atoms. The first-order valence-corrected chi connectivity index (χ1v) is 7.82. The average Bonchev–Trinajstić information content (AvgIpc) is 2.64. The number of benzene rings is 2. The predicted octanol–water partition coefficient (Wildman–Crippen LogP) is 4.47.